The zero-order chi connectivity index (χ0) is 19.6. The molecule has 27 heavy (non-hydrogen) atoms. The molecule has 4 heteroatoms. The van der Waals surface area contributed by atoms with Crippen molar-refractivity contribution in [3.05, 3.63) is 46.6 Å². The molecule has 146 valence electrons. The average molecular weight is 370 g/mol. The third kappa shape index (κ3) is 3.90. The van der Waals surface area contributed by atoms with E-state index in [2.05, 4.69) is 26.5 Å². The van der Waals surface area contributed by atoms with Gasteiger partial charge in [-0.15, -0.1) is 0 Å². The van der Waals surface area contributed by atoms with Crippen molar-refractivity contribution in [3.63, 3.8) is 0 Å². The molecule has 0 bridgehead atoms. The number of aryl methyl sites for hydroxylation is 1. The fourth-order valence-electron chi connectivity index (χ4n) is 4.29. The average Bonchev–Trinajstić information content (AvgIpc) is 2.61. The Morgan fingerprint density at radius 3 is 2.81 bits per heavy atom. The van der Waals surface area contributed by atoms with Crippen LogP contribution < -0.4 is 4.74 Å². The number of benzene rings is 1. The van der Waals surface area contributed by atoms with Gasteiger partial charge in [-0.3, -0.25) is 0 Å². The molecule has 1 aromatic rings. The Kier molecular flexibility index (Phi) is 5.93. The summed E-state index contributed by atoms with van der Waals surface area (Å²) in [6.45, 7) is 10.3. The van der Waals surface area contributed by atoms with Crippen molar-refractivity contribution in [1.82, 2.24) is 0 Å². The number of hydrogen-bond donors (Lipinski definition) is 1. The highest BCUT2D eigenvalue weighted by Gasteiger charge is 2.35. The number of fused-ring (bicyclic) bond motifs is 1. The first kappa shape index (κ1) is 19.5. The van der Waals surface area contributed by atoms with E-state index in [1.54, 1.807) is 6.07 Å². The molecule has 0 radical (unpaired) electrons. The number of aromatic hydroxyl groups is 1. The molecule has 0 spiro atoms. The Labute approximate surface area is 161 Å². The van der Waals surface area contributed by atoms with Gasteiger partial charge in [-0.1, -0.05) is 43.6 Å². The van der Waals surface area contributed by atoms with Crippen molar-refractivity contribution >= 4 is 5.97 Å². The van der Waals surface area contributed by atoms with Crippen LogP contribution in [0.15, 0.2) is 29.9 Å². The SMILES string of the molecule is C=C(C)[C@@H]1CCC(C)=C[C@H]1c1c(O)cc(CCCCC)c2c1OCOC2=O. The number of carbonyl (C=O) groups is 1. The first-order valence-electron chi connectivity index (χ1n) is 9.95. The molecule has 0 unspecified atom stereocenters. The highest BCUT2D eigenvalue weighted by atomic mass is 16.7. The van der Waals surface area contributed by atoms with E-state index in [1.165, 1.54) is 5.57 Å². The van der Waals surface area contributed by atoms with Crippen LogP contribution in [0.3, 0.4) is 0 Å². The van der Waals surface area contributed by atoms with Crippen LogP contribution in [0.4, 0.5) is 0 Å². The molecule has 0 saturated heterocycles. The number of allylic oxidation sites excluding steroid dienone is 3. The summed E-state index contributed by atoms with van der Waals surface area (Å²) in [6, 6.07) is 1.74. The topological polar surface area (TPSA) is 55.8 Å². The lowest BCUT2D eigenvalue weighted by atomic mass is 9.73. The molecule has 1 aliphatic carbocycles. The molecule has 0 fully saturated rings. The third-order valence-electron chi connectivity index (χ3n) is 5.74. The largest absolute Gasteiger partial charge is 0.507 e. The predicted molar refractivity (Wildman–Crippen MR) is 106 cm³/mol. The van der Waals surface area contributed by atoms with Crippen LogP contribution in [-0.2, 0) is 11.2 Å². The van der Waals surface area contributed by atoms with E-state index in [0.717, 1.165) is 49.7 Å². The van der Waals surface area contributed by atoms with Crippen molar-refractivity contribution in [3.8, 4) is 11.5 Å². The lowest BCUT2D eigenvalue weighted by Gasteiger charge is -2.33. The van der Waals surface area contributed by atoms with Gasteiger partial charge >= 0.3 is 5.97 Å². The van der Waals surface area contributed by atoms with E-state index < -0.39 is 0 Å². The Morgan fingerprint density at radius 1 is 1.33 bits per heavy atom. The monoisotopic (exact) mass is 370 g/mol. The lowest BCUT2D eigenvalue weighted by Crippen LogP contribution is -2.24. The number of hydrogen-bond acceptors (Lipinski definition) is 4. The molecule has 0 amide bonds. The number of esters is 1. The zero-order valence-corrected chi connectivity index (χ0v) is 16.6. The number of cyclic esters (lactones) is 1. The predicted octanol–water partition coefficient (Wildman–Crippen LogP) is 5.65. The van der Waals surface area contributed by atoms with E-state index in [0.29, 0.717) is 16.9 Å². The number of phenols is 1. The summed E-state index contributed by atoms with van der Waals surface area (Å²) in [6.07, 6.45) is 8.07. The van der Waals surface area contributed by atoms with Gasteiger partial charge in [0, 0.05) is 11.5 Å². The maximum absolute atomic E-state index is 12.5. The van der Waals surface area contributed by atoms with Crippen molar-refractivity contribution in [1.29, 1.82) is 0 Å². The van der Waals surface area contributed by atoms with E-state index in [-0.39, 0.29) is 30.3 Å². The lowest BCUT2D eigenvalue weighted by molar-refractivity contribution is 0.00403. The second kappa shape index (κ2) is 8.20. The van der Waals surface area contributed by atoms with E-state index in [9.17, 15) is 9.90 Å². The number of rotatable bonds is 6. The van der Waals surface area contributed by atoms with Gasteiger partial charge in [-0.2, -0.15) is 0 Å². The summed E-state index contributed by atoms with van der Waals surface area (Å²) in [5, 5.41) is 10.9. The maximum atomic E-state index is 12.5. The third-order valence-corrected chi connectivity index (χ3v) is 5.74. The molecule has 1 heterocycles. The number of unbranched alkanes of at least 4 members (excludes halogenated alkanes) is 2. The van der Waals surface area contributed by atoms with Crippen LogP contribution >= 0.6 is 0 Å². The van der Waals surface area contributed by atoms with Gasteiger partial charge in [0.2, 0.25) is 6.79 Å². The normalized spacial score (nSPS) is 21.7. The maximum Gasteiger partial charge on any atom is 0.345 e. The fourth-order valence-corrected chi connectivity index (χ4v) is 4.29. The highest BCUT2D eigenvalue weighted by Crippen LogP contribution is 2.49. The number of ether oxygens (including phenoxy) is 2. The van der Waals surface area contributed by atoms with E-state index in [1.807, 2.05) is 6.92 Å². The Balaban J connectivity index is 2.13. The summed E-state index contributed by atoms with van der Waals surface area (Å²) in [5.41, 5.74) is 4.38. The van der Waals surface area contributed by atoms with Gasteiger partial charge in [-0.05, 0) is 57.1 Å². The standard InChI is InChI=1S/C23H30O4/c1-5-6-7-8-16-12-19(24)21(22-20(16)23(25)27-13-26-22)18-11-15(4)9-10-17(18)14(2)3/h11-12,17-18,24H,2,5-10,13H2,1,3-4H3/t17-,18+/m0/s1. The van der Waals surface area contributed by atoms with Gasteiger partial charge in [0.25, 0.3) is 0 Å². The number of phenolic OH excluding ortho intramolecular Hbond substituents is 1. The molecule has 3 rings (SSSR count). The van der Waals surface area contributed by atoms with Crippen LogP contribution in [0.2, 0.25) is 0 Å². The van der Waals surface area contributed by atoms with E-state index in [4.69, 9.17) is 9.47 Å². The van der Waals surface area contributed by atoms with Gasteiger partial charge in [0.1, 0.15) is 17.1 Å². The van der Waals surface area contributed by atoms with Gasteiger partial charge in [0.05, 0.1) is 0 Å². The van der Waals surface area contributed by atoms with Crippen LogP contribution in [0.25, 0.3) is 0 Å². The second-order valence-electron chi connectivity index (χ2n) is 7.85. The summed E-state index contributed by atoms with van der Waals surface area (Å²) in [5.74, 6) is 0.529. The van der Waals surface area contributed by atoms with Gasteiger partial charge in [-0.25, -0.2) is 4.79 Å². The van der Waals surface area contributed by atoms with E-state index >= 15 is 0 Å². The molecule has 2 atom stereocenters. The first-order chi connectivity index (χ1) is 12.9. The van der Waals surface area contributed by atoms with Crippen LogP contribution in [0.1, 0.15) is 80.3 Å². The smallest absolute Gasteiger partial charge is 0.345 e. The molecular weight excluding hydrogens is 340 g/mol. The van der Waals surface area contributed by atoms with Gasteiger partial charge < -0.3 is 14.6 Å². The molecule has 1 aromatic carbocycles. The Bertz CT molecular complexity index is 775. The van der Waals surface area contributed by atoms with Crippen LogP contribution in [-0.4, -0.2) is 17.9 Å². The fraction of sp³-hybridized carbons (Fsp3) is 0.522. The van der Waals surface area contributed by atoms with Gasteiger partial charge in [0.15, 0.2) is 0 Å². The Morgan fingerprint density at radius 2 is 2.11 bits per heavy atom. The van der Waals surface area contributed by atoms with Crippen molar-refractivity contribution < 1.29 is 19.4 Å². The van der Waals surface area contributed by atoms with Crippen molar-refractivity contribution in [2.24, 2.45) is 5.92 Å². The molecule has 1 N–H and O–H groups in total. The van der Waals surface area contributed by atoms with Crippen LogP contribution in [0, 0.1) is 5.92 Å². The molecule has 2 aliphatic rings. The quantitative estimate of drug-likeness (QED) is 0.399. The highest BCUT2D eigenvalue weighted by molar-refractivity contribution is 5.96. The minimum atomic E-state index is -0.354. The molecular formula is C23H30O4. The number of carbonyl (C=O) groups excluding carboxylic acids is 1. The second-order valence-corrected chi connectivity index (χ2v) is 7.85. The minimum Gasteiger partial charge on any atom is -0.507 e. The summed E-state index contributed by atoms with van der Waals surface area (Å²) in [4.78, 5) is 12.5. The Hall–Kier alpha value is -2.23. The molecule has 0 saturated carbocycles. The zero-order valence-electron chi connectivity index (χ0n) is 16.6. The molecule has 4 nitrogen and oxygen atoms in total. The summed E-state index contributed by atoms with van der Waals surface area (Å²) < 4.78 is 11.0. The first-order valence-corrected chi connectivity index (χ1v) is 9.95. The van der Waals surface area contributed by atoms with Crippen molar-refractivity contribution in [2.75, 3.05) is 6.79 Å². The minimum absolute atomic E-state index is 0.0411. The molecule has 0 aromatic heterocycles. The van der Waals surface area contributed by atoms with Crippen molar-refractivity contribution in [2.45, 2.75) is 65.2 Å². The molecule has 1 aliphatic heterocycles. The summed E-state index contributed by atoms with van der Waals surface area (Å²) in [7, 11) is 0. The van der Waals surface area contributed by atoms with Crippen LogP contribution in [0.5, 0.6) is 11.5 Å². The summed E-state index contributed by atoms with van der Waals surface area (Å²) >= 11 is 0.